The van der Waals surface area contributed by atoms with Gasteiger partial charge in [0, 0.05) is 35.9 Å². The summed E-state index contributed by atoms with van der Waals surface area (Å²) in [7, 11) is 0. The van der Waals surface area contributed by atoms with Crippen LogP contribution in [0.5, 0.6) is 5.75 Å². The summed E-state index contributed by atoms with van der Waals surface area (Å²) < 4.78 is 7.46. The molecule has 3 heterocycles. The molecule has 2 amide bonds. The molecule has 8 heteroatoms. The summed E-state index contributed by atoms with van der Waals surface area (Å²) >= 11 is 1.46. The van der Waals surface area contributed by atoms with E-state index < -0.39 is 0 Å². The molecule has 5 rings (SSSR count). The van der Waals surface area contributed by atoms with Crippen LogP contribution in [0.1, 0.15) is 47.0 Å². The van der Waals surface area contributed by atoms with E-state index in [1.165, 1.54) is 17.8 Å². The maximum Gasteiger partial charge on any atom is 0.271 e. The third-order valence-electron chi connectivity index (χ3n) is 5.92. The van der Waals surface area contributed by atoms with Gasteiger partial charge in [-0.05, 0) is 50.5 Å². The normalized spacial score (nSPS) is 13.7. The first-order valence-electron chi connectivity index (χ1n) is 11.5. The fraction of sp³-hybridized carbons (Fsp3) is 0.269. The zero-order chi connectivity index (χ0) is 23.5. The monoisotopic (exact) mass is 474 g/mol. The number of likely N-dealkylation sites (tertiary alicyclic amines) is 1. The molecule has 4 aromatic rings. The first-order valence-corrected chi connectivity index (χ1v) is 12.4. The fourth-order valence-electron chi connectivity index (χ4n) is 4.23. The van der Waals surface area contributed by atoms with Crippen LogP contribution in [0.2, 0.25) is 0 Å². The summed E-state index contributed by atoms with van der Waals surface area (Å²) in [5.74, 6) is 0.379. The van der Waals surface area contributed by atoms with E-state index in [2.05, 4.69) is 5.32 Å². The van der Waals surface area contributed by atoms with Crippen LogP contribution in [0.4, 0.5) is 5.69 Å². The van der Waals surface area contributed by atoms with Gasteiger partial charge < -0.3 is 15.0 Å². The largest absolute Gasteiger partial charge is 0.493 e. The molecule has 1 N–H and O–H groups in total. The van der Waals surface area contributed by atoms with Crippen LogP contribution < -0.4 is 10.1 Å². The Labute approximate surface area is 202 Å². The van der Waals surface area contributed by atoms with Crippen molar-refractivity contribution in [3.8, 4) is 17.0 Å². The highest BCUT2D eigenvalue weighted by Gasteiger charge is 2.22. The van der Waals surface area contributed by atoms with Gasteiger partial charge in [-0.1, -0.05) is 24.3 Å². The van der Waals surface area contributed by atoms with E-state index in [4.69, 9.17) is 9.72 Å². The number of ether oxygens (including phenoxy) is 1. The summed E-state index contributed by atoms with van der Waals surface area (Å²) in [5.41, 5.74) is 3.42. The summed E-state index contributed by atoms with van der Waals surface area (Å²) in [6.07, 6.45) is 5.19. The number of hydrogen-bond acceptors (Lipinski definition) is 5. The zero-order valence-electron chi connectivity index (χ0n) is 19.0. The number of imidazole rings is 1. The van der Waals surface area contributed by atoms with E-state index in [1.807, 2.05) is 64.2 Å². The molecule has 1 aliphatic rings. The molecule has 0 bridgehead atoms. The van der Waals surface area contributed by atoms with E-state index in [0.717, 1.165) is 42.1 Å². The van der Waals surface area contributed by atoms with Gasteiger partial charge in [0.05, 0.1) is 17.9 Å². The number of carbonyl (C=O) groups is 2. The van der Waals surface area contributed by atoms with Crippen LogP contribution in [0.15, 0.2) is 60.1 Å². The molecule has 0 radical (unpaired) electrons. The minimum absolute atomic E-state index is 0.0591. The molecule has 7 nitrogen and oxygen atoms in total. The molecule has 0 atom stereocenters. The van der Waals surface area contributed by atoms with Gasteiger partial charge in [0.1, 0.15) is 11.4 Å². The molecule has 0 spiro atoms. The van der Waals surface area contributed by atoms with Gasteiger partial charge in [-0.3, -0.25) is 14.0 Å². The Bertz CT molecular complexity index is 1340. The second-order valence-electron chi connectivity index (χ2n) is 8.22. The lowest BCUT2D eigenvalue weighted by Gasteiger charge is -2.26. The number of rotatable bonds is 6. The molecule has 174 valence electrons. The number of thiazole rings is 1. The van der Waals surface area contributed by atoms with Gasteiger partial charge in [0.25, 0.3) is 11.8 Å². The summed E-state index contributed by atoms with van der Waals surface area (Å²) in [6.45, 7) is 4.00. The Morgan fingerprint density at radius 3 is 2.74 bits per heavy atom. The maximum absolute atomic E-state index is 13.0. The van der Waals surface area contributed by atoms with Crippen LogP contribution in [-0.2, 0) is 0 Å². The lowest BCUT2D eigenvalue weighted by molar-refractivity contribution is 0.0717. The van der Waals surface area contributed by atoms with Crippen molar-refractivity contribution in [2.24, 2.45) is 0 Å². The number of nitrogens with one attached hydrogen (secondary N) is 1. The molecule has 0 aliphatic carbocycles. The lowest BCUT2D eigenvalue weighted by atomic mass is 10.1. The number of fused-ring (bicyclic) bond motifs is 1. The number of aromatic nitrogens is 2. The molecule has 1 fully saturated rings. The van der Waals surface area contributed by atoms with E-state index in [1.54, 1.807) is 12.1 Å². The van der Waals surface area contributed by atoms with Crippen molar-refractivity contribution in [2.75, 3.05) is 25.0 Å². The van der Waals surface area contributed by atoms with E-state index in [0.29, 0.717) is 29.3 Å². The van der Waals surface area contributed by atoms with Crippen molar-refractivity contribution in [1.29, 1.82) is 0 Å². The Morgan fingerprint density at radius 1 is 1.09 bits per heavy atom. The average Bonchev–Trinajstić information content (AvgIpc) is 3.46. The minimum Gasteiger partial charge on any atom is -0.493 e. The maximum atomic E-state index is 13.0. The minimum atomic E-state index is -0.235. The van der Waals surface area contributed by atoms with Gasteiger partial charge >= 0.3 is 0 Å². The van der Waals surface area contributed by atoms with Crippen molar-refractivity contribution in [1.82, 2.24) is 14.3 Å². The predicted octanol–water partition coefficient (Wildman–Crippen LogP) is 5.34. The number of amides is 2. The van der Waals surface area contributed by atoms with Gasteiger partial charge in [0.2, 0.25) is 0 Å². The number of para-hydroxylation sites is 1. The standard InChI is InChI=1S/C26H26N4O3S/c1-2-33-23-12-5-4-11-20(23)24(31)27-19-10-8-9-18(15-19)21-16-30-22(17-34-26(30)28-21)25(32)29-13-6-3-7-14-29/h4-5,8-12,15-17H,2-3,6-7,13-14H2,1H3,(H,27,31). The van der Waals surface area contributed by atoms with Crippen LogP contribution in [0.3, 0.4) is 0 Å². The first kappa shape index (κ1) is 22.2. The summed E-state index contributed by atoms with van der Waals surface area (Å²) in [6, 6.07) is 14.7. The highest BCUT2D eigenvalue weighted by Crippen LogP contribution is 2.27. The van der Waals surface area contributed by atoms with Gasteiger partial charge in [-0.25, -0.2) is 4.98 Å². The average molecular weight is 475 g/mol. The van der Waals surface area contributed by atoms with Crippen molar-refractivity contribution in [3.05, 3.63) is 71.4 Å². The van der Waals surface area contributed by atoms with Gasteiger partial charge in [-0.15, -0.1) is 11.3 Å². The molecule has 2 aromatic carbocycles. The van der Waals surface area contributed by atoms with Crippen LogP contribution in [0.25, 0.3) is 16.2 Å². The quantitative estimate of drug-likeness (QED) is 0.409. The van der Waals surface area contributed by atoms with Crippen molar-refractivity contribution in [2.45, 2.75) is 26.2 Å². The van der Waals surface area contributed by atoms with Crippen LogP contribution in [-0.4, -0.2) is 45.8 Å². The van der Waals surface area contributed by atoms with Gasteiger partial charge in [0.15, 0.2) is 4.96 Å². The first-order chi connectivity index (χ1) is 16.6. The second-order valence-corrected chi connectivity index (χ2v) is 9.05. The fourth-order valence-corrected chi connectivity index (χ4v) is 5.07. The predicted molar refractivity (Wildman–Crippen MR) is 134 cm³/mol. The zero-order valence-corrected chi connectivity index (χ0v) is 19.8. The smallest absolute Gasteiger partial charge is 0.271 e. The number of nitrogens with zero attached hydrogens (tertiary/aromatic N) is 3. The van der Waals surface area contributed by atoms with Gasteiger partial charge in [-0.2, -0.15) is 0 Å². The van der Waals surface area contributed by atoms with Crippen LogP contribution >= 0.6 is 11.3 Å². The molecular formula is C26H26N4O3S. The Balaban J connectivity index is 1.38. The Morgan fingerprint density at radius 2 is 1.91 bits per heavy atom. The SMILES string of the molecule is CCOc1ccccc1C(=O)Nc1cccc(-c2cn3c(C(=O)N4CCCCC4)csc3n2)c1. The molecule has 2 aromatic heterocycles. The third-order valence-corrected chi connectivity index (χ3v) is 6.76. The highest BCUT2D eigenvalue weighted by molar-refractivity contribution is 7.15. The topological polar surface area (TPSA) is 75.9 Å². The molecular weight excluding hydrogens is 448 g/mol. The van der Waals surface area contributed by atoms with Crippen molar-refractivity contribution < 1.29 is 14.3 Å². The number of carbonyl (C=O) groups excluding carboxylic acids is 2. The number of anilines is 1. The Kier molecular flexibility index (Phi) is 6.31. The summed E-state index contributed by atoms with van der Waals surface area (Å²) in [4.78, 5) is 33.3. The van der Waals surface area contributed by atoms with E-state index in [-0.39, 0.29) is 11.8 Å². The molecule has 0 saturated carbocycles. The number of benzene rings is 2. The number of piperidine rings is 1. The summed E-state index contributed by atoms with van der Waals surface area (Å²) in [5, 5.41) is 4.84. The van der Waals surface area contributed by atoms with Crippen molar-refractivity contribution in [3.63, 3.8) is 0 Å². The second kappa shape index (κ2) is 9.69. The van der Waals surface area contributed by atoms with E-state index in [9.17, 15) is 9.59 Å². The van der Waals surface area contributed by atoms with Crippen LogP contribution in [0, 0.1) is 0 Å². The molecule has 34 heavy (non-hydrogen) atoms. The third kappa shape index (κ3) is 4.41. The lowest BCUT2D eigenvalue weighted by Crippen LogP contribution is -2.36. The number of hydrogen-bond donors (Lipinski definition) is 1. The highest BCUT2D eigenvalue weighted by atomic mass is 32.1. The Hall–Kier alpha value is -3.65. The van der Waals surface area contributed by atoms with E-state index >= 15 is 0 Å². The molecule has 1 saturated heterocycles. The van der Waals surface area contributed by atoms with Crippen molar-refractivity contribution >= 4 is 33.8 Å². The molecule has 1 aliphatic heterocycles. The molecule has 0 unspecified atom stereocenters.